The zero-order valence-corrected chi connectivity index (χ0v) is 22.5. The molecule has 2 aromatic carbocycles. The summed E-state index contributed by atoms with van der Waals surface area (Å²) in [5.74, 6) is 0.725. The van der Waals surface area contributed by atoms with Gasteiger partial charge in [-0.05, 0) is 56.4 Å². The van der Waals surface area contributed by atoms with E-state index in [1.54, 1.807) is 18.2 Å². The third-order valence-electron chi connectivity index (χ3n) is 7.77. The third-order valence-corrected chi connectivity index (χ3v) is 9.85. The van der Waals surface area contributed by atoms with E-state index in [0.29, 0.717) is 24.5 Å². The molecule has 5 rings (SSSR count). The lowest BCUT2D eigenvalue weighted by Crippen LogP contribution is -2.48. The number of nitrogens with zero attached hydrogens (tertiary/aromatic N) is 4. The highest BCUT2D eigenvalue weighted by Gasteiger charge is 2.42. The fourth-order valence-corrected chi connectivity index (χ4v) is 7.64. The first-order valence-corrected chi connectivity index (χ1v) is 14.2. The van der Waals surface area contributed by atoms with E-state index in [-0.39, 0.29) is 16.7 Å². The maximum Gasteiger partial charge on any atom is 0.248 e. The average Bonchev–Trinajstić information content (AvgIpc) is 3.45. The summed E-state index contributed by atoms with van der Waals surface area (Å²) in [5.41, 5.74) is 5.56. The van der Waals surface area contributed by atoms with Gasteiger partial charge in [0.2, 0.25) is 10.0 Å². The highest BCUT2D eigenvalue weighted by atomic mass is 32.2. The molecule has 0 N–H and O–H groups in total. The topological polar surface area (TPSA) is 69.9 Å². The lowest BCUT2D eigenvalue weighted by molar-refractivity contribution is 0.215. The van der Waals surface area contributed by atoms with Gasteiger partial charge in [-0.15, -0.1) is 0 Å². The maximum atomic E-state index is 13.6. The molecule has 0 saturated carbocycles. The molecule has 8 heteroatoms. The Hall–Kier alpha value is -2.68. The van der Waals surface area contributed by atoms with Crippen LogP contribution in [-0.2, 0) is 10.0 Å². The van der Waals surface area contributed by atoms with Crippen molar-refractivity contribution in [3.8, 4) is 0 Å². The van der Waals surface area contributed by atoms with Crippen LogP contribution in [0.5, 0.6) is 0 Å². The molecule has 2 saturated heterocycles. The fraction of sp³-hybridized carbons (Fsp3) is 0.464. The number of sulfonamides is 1. The van der Waals surface area contributed by atoms with Gasteiger partial charge in [0.25, 0.3) is 0 Å². The smallest absolute Gasteiger partial charge is 0.248 e. The zero-order valence-electron chi connectivity index (χ0n) is 21.6. The van der Waals surface area contributed by atoms with Gasteiger partial charge in [0.1, 0.15) is 10.6 Å². The molecule has 0 spiro atoms. The minimum absolute atomic E-state index is 0.151. The molecule has 1 aromatic heterocycles. The van der Waals surface area contributed by atoms with Crippen molar-refractivity contribution in [3.63, 3.8) is 0 Å². The highest BCUT2D eigenvalue weighted by Crippen LogP contribution is 2.37. The molecule has 0 amide bonds. The minimum atomic E-state index is -3.67. The number of hydrogen-bond acceptors (Lipinski definition) is 6. The molecular formula is C28H36N4O3S. The van der Waals surface area contributed by atoms with E-state index >= 15 is 0 Å². The molecule has 0 unspecified atom stereocenters. The van der Waals surface area contributed by atoms with Crippen molar-refractivity contribution in [1.82, 2.24) is 14.4 Å². The normalized spacial score (nSPS) is 21.8. The van der Waals surface area contributed by atoms with Gasteiger partial charge in [-0.3, -0.25) is 4.90 Å². The molecule has 2 atom stereocenters. The van der Waals surface area contributed by atoms with Crippen molar-refractivity contribution in [2.24, 2.45) is 5.92 Å². The second-order valence-electron chi connectivity index (χ2n) is 10.3. The molecule has 3 aromatic rings. The molecule has 0 bridgehead atoms. The Balaban J connectivity index is 1.33. The van der Waals surface area contributed by atoms with E-state index in [4.69, 9.17) is 4.52 Å². The molecular weight excluding hydrogens is 472 g/mol. The SMILES string of the molecule is Cc1ccc(C)c(N2CCN(C[C@H]3CN(S(=O)(=O)c4c(C)noc4C)C[C@H]3c3ccccc3)CC2)c1. The predicted octanol–water partition coefficient (Wildman–Crippen LogP) is 4.13. The van der Waals surface area contributed by atoms with Gasteiger partial charge >= 0.3 is 0 Å². The standard InChI is InChI=1S/C28H36N4O3S/c1-20-10-11-21(2)27(16-20)31-14-12-30(13-15-31)17-25-18-32(19-26(25)24-8-6-5-7-9-24)36(33,34)28-22(3)29-35-23(28)4/h5-11,16,25-26H,12-15,17-19H2,1-4H3/t25-,26-/m0/s1. The number of benzene rings is 2. The van der Waals surface area contributed by atoms with Crippen LogP contribution in [0.4, 0.5) is 5.69 Å². The van der Waals surface area contributed by atoms with Gasteiger partial charge in [0, 0.05) is 57.4 Å². The van der Waals surface area contributed by atoms with E-state index < -0.39 is 10.0 Å². The third kappa shape index (κ3) is 4.82. The molecule has 7 nitrogen and oxygen atoms in total. The lowest BCUT2D eigenvalue weighted by atomic mass is 9.88. The predicted molar refractivity (Wildman–Crippen MR) is 142 cm³/mol. The molecule has 2 aliphatic heterocycles. The first kappa shape index (κ1) is 25.0. The molecule has 36 heavy (non-hydrogen) atoms. The van der Waals surface area contributed by atoms with Crippen LogP contribution < -0.4 is 4.90 Å². The number of anilines is 1. The Morgan fingerprint density at radius 1 is 0.944 bits per heavy atom. The first-order chi connectivity index (χ1) is 17.2. The molecule has 0 radical (unpaired) electrons. The highest BCUT2D eigenvalue weighted by molar-refractivity contribution is 7.89. The summed E-state index contributed by atoms with van der Waals surface area (Å²) in [7, 11) is -3.67. The van der Waals surface area contributed by atoms with Crippen LogP contribution in [0.15, 0.2) is 57.9 Å². The summed E-state index contributed by atoms with van der Waals surface area (Å²) in [5, 5.41) is 3.89. The molecule has 2 aliphatic rings. The summed E-state index contributed by atoms with van der Waals surface area (Å²) < 4.78 is 34.1. The van der Waals surface area contributed by atoms with Crippen LogP contribution in [-0.4, -0.2) is 68.6 Å². The van der Waals surface area contributed by atoms with Gasteiger partial charge < -0.3 is 9.42 Å². The van der Waals surface area contributed by atoms with Gasteiger partial charge in [0.05, 0.1) is 0 Å². The van der Waals surface area contributed by atoms with Crippen LogP contribution in [0.3, 0.4) is 0 Å². The van der Waals surface area contributed by atoms with Crippen molar-refractivity contribution in [2.45, 2.75) is 38.5 Å². The van der Waals surface area contributed by atoms with Crippen molar-refractivity contribution in [2.75, 3.05) is 50.7 Å². The quantitative estimate of drug-likeness (QED) is 0.499. The lowest BCUT2D eigenvalue weighted by Gasteiger charge is -2.38. The molecule has 2 fully saturated rings. The number of hydrogen-bond donors (Lipinski definition) is 0. The average molecular weight is 509 g/mol. The van der Waals surface area contributed by atoms with Crippen molar-refractivity contribution < 1.29 is 12.9 Å². The fourth-order valence-electron chi connectivity index (χ4n) is 5.83. The zero-order chi connectivity index (χ0) is 25.4. The first-order valence-electron chi connectivity index (χ1n) is 12.8. The Bertz CT molecular complexity index is 1290. The van der Waals surface area contributed by atoms with E-state index in [9.17, 15) is 8.42 Å². The van der Waals surface area contributed by atoms with E-state index in [1.165, 1.54) is 22.4 Å². The van der Waals surface area contributed by atoms with Crippen LogP contribution in [0.2, 0.25) is 0 Å². The Labute approximate surface area is 214 Å². The molecule has 3 heterocycles. The van der Waals surface area contributed by atoms with E-state index in [0.717, 1.165) is 32.7 Å². The Kier molecular flexibility index (Phi) is 6.94. The largest absolute Gasteiger partial charge is 0.369 e. The summed E-state index contributed by atoms with van der Waals surface area (Å²) in [6, 6.07) is 17.0. The van der Waals surface area contributed by atoms with Gasteiger partial charge in [-0.25, -0.2) is 8.42 Å². The van der Waals surface area contributed by atoms with Crippen LogP contribution in [0, 0.1) is 33.6 Å². The minimum Gasteiger partial charge on any atom is -0.369 e. The van der Waals surface area contributed by atoms with Gasteiger partial charge in [0.15, 0.2) is 5.76 Å². The number of piperazine rings is 1. The van der Waals surface area contributed by atoms with Crippen molar-refractivity contribution in [1.29, 1.82) is 0 Å². The number of rotatable bonds is 6. The summed E-state index contributed by atoms with van der Waals surface area (Å²) in [6.07, 6.45) is 0. The molecule has 0 aliphatic carbocycles. The molecule has 192 valence electrons. The summed E-state index contributed by atoms with van der Waals surface area (Å²) in [6.45, 7) is 13.5. The van der Waals surface area contributed by atoms with Gasteiger partial charge in [-0.2, -0.15) is 4.31 Å². The number of aryl methyl sites for hydroxylation is 4. The summed E-state index contributed by atoms with van der Waals surface area (Å²) in [4.78, 5) is 5.21. The van der Waals surface area contributed by atoms with Crippen LogP contribution in [0.25, 0.3) is 0 Å². The maximum absolute atomic E-state index is 13.6. The van der Waals surface area contributed by atoms with E-state index in [2.05, 4.69) is 59.1 Å². The summed E-state index contributed by atoms with van der Waals surface area (Å²) >= 11 is 0. The van der Waals surface area contributed by atoms with Crippen molar-refractivity contribution in [3.05, 3.63) is 76.7 Å². The Morgan fingerprint density at radius 3 is 2.33 bits per heavy atom. The second-order valence-corrected chi connectivity index (χ2v) is 12.2. The Morgan fingerprint density at radius 2 is 1.67 bits per heavy atom. The number of aromatic nitrogens is 1. The van der Waals surface area contributed by atoms with Crippen LogP contribution >= 0.6 is 0 Å². The van der Waals surface area contributed by atoms with Crippen LogP contribution in [0.1, 0.15) is 34.1 Å². The monoisotopic (exact) mass is 508 g/mol. The van der Waals surface area contributed by atoms with Crippen molar-refractivity contribution >= 4 is 15.7 Å². The second kappa shape index (κ2) is 10.00. The van der Waals surface area contributed by atoms with Gasteiger partial charge in [-0.1, -0.05) is 47.6 Å². The van der Waals surface area contributed by atoms with E-state index in [1.807, 2.05) is 18.2 Å².